The van der Waals surface area contributed by atoms with Gasteiger partial charge in [-0.2, -0.15) is 0 Å². The van der Waals surface area contributed by atoms with Crippen molar-refractivity contribution < 1.29 is 23.1 Å². The summed E-state index contributed by atoms with van der Waals surface area (Å²) >= 11 is 0. The van der Waals surface area contributed by atoms with E-state index in [-0.39, 0.29) is 34.2 Å². The Labute approximate surface area is 215 Å². The number of carbonyl (C=O) groups excluding carboxylic acids is 2. The Bertz CT molecular complexity index is 1630. The van der Waals surface area contributed by atoms with Crippen molar-refractivity contribution in [1.82, 2.24) is 25.1 Å². The molecule has 12 heteroatoms. The van der Waals surface area contributed by atoms with Gasteiger partial charge in [0.25, 0.3) is 11.8 Å². The number of nitrogens with zero attached hydrogens (tertiary/aromatic N) is 4. The van der Waals surface area contributed by atoms with Crippen molar-refractivity contribution in [2.75, 3.05) is 18.2 Å². The van der Waals surface area contributed by atoms with E-state index in [0.29, 0.717) is 28.0 Å². The number of amides is 2. The minimum atomic E-state index is -1.21. The van der Waals surface area contributed by atoms with E-state index in [1.165, 1.54) is 30.2 Å². The second-order valence-corrected chi connectivity index (χ2v) is 9.19. The SMILES string of the molecule is C=C(F)C(=O)Nc1ccc(-c2nn3ncnc(N)c3c2-c2ccc(C(=O)NC3(C)CC3)c(OC)c2)c(F)c1. The predicted octanol–water partition coefficient (Wildman–Crippen LogP) is 3.89. The predicted molar refractivity (Wildman–Crippen MR) is 137 cm³/mol. The molecule has 0 saturated heterocycles. The first-order chi connectivity index (χ1) is 18.1. The minimum Gasteiger partial charge on any atom is -0.496 e. The van der Waals surface area contributed by atoms with Crippen LogP contribution < -0.4 is 21.1 Å². The number of nitrogen functional groups attached to an aromatic ring is 1. The summed E-state index contributed by atoms with van der Waals surface area (Å²) in [6.07, 6.45) is 3.02. The van der Waals surface area contributed by atoms with Crippen LogP contribution in [0.5, 0.6) is 5.75 Å². The zero-order valence-corrected chi connectivity index (χ0v) is 20.5. The highest BCUT2D eigenvalue weighted by Gasteiger charge is 2.39. The fourth-order valence-corrected chi connectivity index (χ4v) is 4.05. The van der Waals surface area contributed by atoms with Gasteiger partial charge in [-0.25, -0.2) is 13.8 Å². The minimum absolute atomic E-state index is 0.0288. The molecule has 4 N–H and O–H groups in total. The van der Waals surface area contributed by atoms with Gasteiger partial charge in [0.2, 0.25) is 0 Å². The molecule has 0 spiro atoms. The standard InChI is InChI=1S/C26H23F2N7O3/c1-13(27)24(36)32-15-5-7-16(18(28)11-15)21-20(22-23(29)30-12-31-35(22)34-21)14-4-6-17(19(10-14)38-3)25(37)33-26(2)8-9-26/h4-7,10-12H,1,8-9H2,2-3H3,(H,32,36)(H,33,37)(H2,29,30,31). The molecule has 0 radical (unpaired) electrons. The third-order valence-electron chi connectivity index (χ3n) is 6.35. The Kier molecular flexibility index (Phi) is 6.02. The monoisotopic (exact) mass is 519 g/mol. The van der Waals surface area contributed by atoms with Crippen LogP contribution >= 0.6 is 0 Å². The van der Waals surface area contributed by atoms with Crippen LogP contribution in [0.3, 0.4) is 0 Å². The third-order valence-corrected chi connectivity index (χ3v) is 6.35. The normalized spacial score (nSPS) is 13.7. The number of aromatic nitrogens is 4. The maximum Gasteiger partial charge on any atom is 0.283 e. The largest absolute Gasteiger partial charge is 0.496 e. The number of rotatable bonds is 7. The van der Waals surface area contributed by atoms with Crippen LogP contribution in [0.1, 0.15) is 30.1 Å². The summed E-state index contributed by atoms with van der Waals surface area (Å²) in [5.74, 6) is -2.90. The van der Waals surface area contributed by atoms with Gasteiger partial charge in [0.1, 0.15) is 29.1 Å². The zero-order valence-electron chi connectivity index (χ0n) is 20.5. The lowest BCUT2D eigenvalue weighted by molar-refractivity contribution is -0.114. The van der Waals surface area contributed by atoms with E-state index >= 15 is 4.39 Å². The zero-order chi connectivity index (χ0) is 27.2. The number of anilines is 2. The number of hydrogen-bond donors (Lipinski definition) is 3. The van der Waals surface area contributed by atoms with E-state index in [2.05, 4.69) is 32.4 Å². The van der Waals surface area contributed by atoms with Crippen molar-refractivity contribution >= 4 is 28.8 Å². The van der Waals surface area contributed by atoms with Crippen molar-refractivity contribution in [3.8, 4) is 28.1 Å². The first-order valence-electron chi connectivity index (χ1n) is 11.6. The van der Waals surface area contributed by atoms with Gasteiger partial charge in [0.15, 0.2) is 11.6 Å². The van der Waals surface area contributed by atoms with Crippen molar-refractivity contribution in [3.63, 3.8) is 0 Å². The summed E-state index contributed by atoms with van der Waals surface area (Å²) in [5, 5.41) is 13.8. The first-order valence-corrected chi connectivity index (χ1v) is 11.6. The van der Waals surface area contributed by atoms with Crippen LogP contribution in [-0.4, -0.2) is 44.3 Å². The van der Waals surface area contributed by atoms with Gasteiger partial charge in [0.05, 0.1) is 12.7 Å². The Hall–Kier alpha value is -4.87. The maximum absolute atomic E-state index is 15.3. The van der Waals surface area contributed by atoms with Crippen LogP contribution in [0.2, 0.25) is 0 Å². The molecule has 4 aromatic rings. The fourth-order valence-electron chi connectivity index (χ4n) is 4.05. The van der Waals surface area contributed by atoms with E-state index < -0.39 is 17.6 Å². The second kappa shape index (κ2) is 9.21. The van der Waals surface area contributed by atoms with E-state index in [4.69, 9.17) is 10.5 Å². The lowest BCUT2D eigenvalue weighted by Crippen LogP contribution is -2.34. The molecule has 0 atom stereocenters. The van der Waals surface area contributed by atoms with Crippen LogP contribution in [0.15, 0.2) is 55.1 Å². The molecule has 38 heavy (non-hydrogen) atoms. The van der Waals surface area contributed by atoms with Crippen molar-refractivity contribution in [3.05, 3.63) is 66.5 Å². The highest BCUT2D eigenvalue weighted by molar-refractivity contribution is 6.03. The van der Waals surface area contributed by atoms with E-state index in [1.54, 1.807) is 18.2 Å². The maximum atomic E-state index is 15.3. The van der Waals surface area contributed by atoms with Crippen molar-refractivity contribution in [2.24, 2.45) is 0 Å². The number of hydrogen-bond acceptors (Lipinski definition) is 7. The van der Waals surface area contributed by atoms with Crippen LogP contribution in [0, 0.1) is 5.82 Å². The molecule has 0 unspecified atom stereocenters. The summed E-state index contributed by atoms with van der Waals surface area (Å²) in [7, 11) is 1.45. The summed E-state index contributed by atoms with van der Waals surface area (Å²) in [5.41, 5.74) is 7.78. The van der Waals surface area contributed by atoms with Crippen LogP contribution in [-0.2, 0) is 4.79 Å². The number of benzene rings is 2. The molecule has 1 fully saturated rings. The number of ether oxygens (including phenoxy) is 1. The molecule has 2 amide bonds. The third kappa shape index (κ3) is 4.51. The average molecular weight is 520 g/mol. The Morgan fingerprint density at radius 1 is 1.21 bits per heavy atom. The Balaban J connectivity index is 1.63. The molecular formula is C26H23F2N7O3. The van der Waals surface area contributed by atoms with E-state index in [0.717, 1.165) is 18.9 Å². The van der Waals surface area contributed by atoms with Crippen LogP contribution in [0.25, 0.3) is 27.9 Å². The second-order valence-electron chi connectivity index (χ2n) is 9.19. The topological polar surface area (TPSA) is 137 Å². The van der Waals surface area contributed by atoms with Gasteiger partial charge >= 0.3 is 0 Å². The van der Waals surface area contributed by atoms with Gasteiger partial charge in [-0.05, 0) is 55.7 Å². The highest BCUT2D eigenvalue weighted by Crippen LogP contribution is 2.40. The number of nitrogens with one attached hydrogen (secondary N) is 2. The molecule has 2 aromatic heterocycles. The molecule has 2 aromatic carbocycles. The molecular weight excluding hydrogens is 496 g/mol. The van der Waals surface area contributed by atoms with E-state index in [1.807, 2.05) is 6.92 Å². The van der Waals surface area contributed by atoms with Gasteiger partial charge < -0.3 is 21.1 Å². The number of nitrogens with two attached hydrogens (primary N) is 1. The number of methoxy groups -OCH3 is 1. The molecule has 5 rings (SSSR count). The summed E-state index contributed by atoms with van der Waals surface area (Å²) in [6, 6.07) is 8.74. The molecule has 194 valence electrons. The molecule has 0 bridgehead atoms. The van der Waals surface area contributed by atoms with Crippen molar-refractivity contribution in [2.45, 2.75) is 25.3 Å². The lowest BCUT2D eigenvalue weighted by Gasteiger charge is -2.15. The molecule has 1 saturated carbocycles. The first kappa shape index (κ1) is 24.8. The molecule has 0 aliphatic heterocycles. The van der Waals surface area contributed by atoms with E-state index in [9.17, 15) is 14.0 Å². The molecule has 1 aliphatic carbocycles. The highest BCUT2D eigenvalue weighted by atomic mass is 19.1. The van der Waals surface area contributed by atoms with Gasteiger partial charge in [-0.1, -0.05) is 12.6 Å². The summed E-state index contributed by atoms with van der Waals surface area (Å²) < 4.78 is 35.2. The smallest absolute Gasteiger partial charge is 0.283 e. The number of halogens is 2. The van der Waals surface area contributed by atoms with Crippen molar-refractivity contribution in [1.29, 1.82) is 0 Å². The van der Waals surface area contributed by atoms with Gasteiger partial charge in [-0.15, -0.1) is 14.8 Å². The summed E-state index contributed by atoms with van der Waals surface area (Å²) in [6.45, 7) is 4.89. The molecule has 10 nitrogen and oxygen atoms in total. The lowest BCUT2D eigenvalue weighted by atomic mass is 9.97. The Morgan fingerprint density at radius 2 is 1.97 bits per heavy atom. The quantitative estimate of drug-likeness (QED) is 0.315. The molecule has 1 aliphatic rings. The number of fused-ring (bicyclic) bond motifs is 1. The number of carbonyl (C=O) groups is 2. The van der Waals surface area contributed by atoms with Gasteiger partial charge in [0, 0.05) is 22.4 Å². The van der Waals surface area contributed by atoms with Crippen LogP contribution in [0.4, 0.5) is 20.3 Å². The Morgan fingerprint density at radius 3 is 2.63 bits per heavy atom. The van der Waals surface area contributed by atoms with Gasteiger partial charge in [-0.3, -0.25) is 9.59 Å². The average Bonchev–Trinajstić information content (AvgIpc) is 3.47. The summed E-state index contributed by atoms with van der Waals surface area (Å²) in [4.78, 5) is 28.5. The fraction of sp³-hybridized carbons (Fsp3) is 0.192. The molecule has 2 heterocycles.